The summed E-state index contributed by atoms with van der Waals surface area (Å²) in [7, 11) is 0. The van der Waals surface area contributed by atoms with Gasteiger partial charge in [-0.2, -0.15) is 0 Å². The van der Waals surface area contributed by atoms with Gasteiger partial charge in [0.15, 0.2) is 11.4 Å². The normalized spacial score (nSPS) is 26.3. The van der Waals surface area contributed by atoms with Crippen molar-refractivity contribution in [3.05, 3.63) is 23.8 Å². The van der Waals surface area contributed by atoms with Gasteiger partial charge < -0.3 is 15.1 Å². The molecule has 1 aromatic rings. The molecule has 1 aromatic heterocycles. The van der Waals surface area contributed by atoms with Gasteiger partial charge in [-0.25, -0.2) is 9.97 Å². The van der Waals surface area contributed by atoms with Gasteiger partial charge in [0.05, 0.1) is 0 Å². The summed E-state index contributed by atoms with van der Waals surface area (Å²) in [6, 6.07) is 0. The molecule has 2 amide bonds. The third-order valence-electron chi connectivity index (χ3n) is 6.03. The van der Waals surface area contributed by atoms with Crippen LogP contribution in [0.3, 0.4) is 0 Å². The second-order valence-electron chi connectivity index (χ2n) is 7.86. The highest BCUT2D eigenvalue weighted by molar-refractivity contribution is 6.04. The Bertz CT molecular complexity index is 680. The largest absolute Gasteiger partial charge is 0.337 e. The molecule has 0 saturated carbocycles. The van der Waals surface area contributed by atoms with Gasteiger partial charge in [0.25, 0.3) is 11.8 Å². The number of amides is 2. The van der Waals surface area contributed by atoms with Gasteiger partial charge in [0, 0.05) is 50.5 Å². The molecule has 1 spiro atoms. The highest BCUT2D eigenvalue weighted by atomic mass is 16.2. The second kappa shape index (κ2) is 7.31. The van der Waals surface area contributed by atoms with Crippen molar-refractivity contribution < 1.29 is 9.59 Å². The number of carbonyl (C=O) groups excluding carboxylic acids is 2. The molecule has 4 heterocycles. The van der Waals surface area contributed by atoms with Crippen molar-refractivity contribution >= 4 is 11.8 Å². The number of hydrogen-bond acceptors (Lipinski definition) is 5. The minimum absolute atomic E-state index is 0.152. The Morgan fingerprint density at radius 3 is 2.23 bits per heavy atom. The first-order valence-corrected chi connectivity index (χ1v) is 9.79. The lowest BCUT2D eigenvalue weighted by atomic mass is 9.80. The molecule has 0 bridgehead atoms. The number of likely N-dealkylation sites (tertiary alicyclic amines) is 2. The van der Waals surface area contributed by atoms with Gasteiger partial charge in [-0.15, -0.1) is 0 Å². The summed E-state index contributed by atoms with van der Waals surface area (Å²) < 4.78 is 0. The zero-order valence-corrected chi connectivity index (χ0v) is 15.2. The lowest BCUT2D eigenvalue weighted by molar-refractivity contribution is 0.0691. The third kappa shape index (κ3) is 3.32. The Morgan fingerprint density at radius 1 is 0.885 bits per heavy atom. The number of aromatic nitrogens is 2. The Labute approximate surface area is 154 Å². The summed E-state index contributed by atoms with van der Waals surface area (Å²) in [4.78, 5) is 38.2. The summed E-state index contributed by atoms with van der Waals surface area (Å²) in [5, 5.41) is 3.46. The van der Waals surface area contributed by atoms with E-state index in [0.717, 1.165) is 77.8 Å². The van der Waals surface area contributed by atoms with E-state index in [1.54, 1.807) is 4.90 Å². The van der Waals surface area contributed by atoms with Crippen LogP contribution in [0.2, 0.25) is 0 Å². The highest BCUT2D eigenvalue weighted by Gasteiger charge is 2.41. The van der Waals surface area contributed by atoms with Crippen LogP contribution in [0.25, 0.3) is 0 Å². The number of nitrogens with one attached hydrogen (secondary N) is 1. The molecule has 1 N–H and O–H groups in total. The fraction of sp³-hybridized carbons (Fsp3) is 0.684. The van der Waals surface area contributed by atoms with Crippen LogP contribution in [0, 0.1) is 5.41 Å². The van der Waals surface area contributed by atoms with Gasteiger partial charge in [0.1, 0.15) is 0 Å². The fourth-order valence-electron chi connectivity index (χ4n) is 4.53. The van der Waals surface area contributed by atoms with E-state index in [2.05, 4.69) is 15.3 Å². The number of nitrogens with zero attached hydrogens (tertiary/aromatic N) is 4. The zero-order chi connectivity index (χ0) is 18.0. The monoisotopic (exact) mass is 357 g/mol. The van der Waals surface area contributed by atoms with Gasteiger partial charge in [0.2, 0.25) is 0 Å². The Hall–Kier alpha value is -2.02. The van der Waals surface area contributed by atoms with E-state index in [-0.39, 0.29) is 28.6 Å². The number of hydrogen-bond donors (Lipinski definition) is 1. The predicted octanol–water partition coefficient (Wildman–Crippen LogP) is 1.32. The van der Waals surface area contributed by atoms with Gasteiger partial charge in [-0.1, -0.05) is 0 Å². The zero-order valence-electron chi connectivity index (χ0n) is 15.2. The maximum atomic E-state index is 13.1. The Kier molecular flexibility index (Phi) is 4.89. The molecule has 140 valence electrons. The first-order valence-electron chi connectivity index (χ1n) is 9.79. The minimum atomic E-state index is -0.158. The molecule has 0 radical (unpaired) electrons. The molecule has 1 atom stereocenters. The first-order chi connectivity index (χ1) is 12.7. The molecule has 3 aliphatic heterocycles. The van der Waals surface area contributed by atoms with E-state index in [4.69, 9.17) is 0 Å². The fourth-order valence-corrected chi connectivity index (χ4v) is 4.53. The minimum Gasteiger partial charge on any atom is -0.337 e. The highest BCUT2D eigenvalue weighted by Crippen LogP contribution is 2.37. The maximum absolute atomic E-state index is 13.1. The van der Waals surface area contributed by atoms with E-state index >= 15 is 0 Å². The summed E-state index contributed by atoms with van der Waals surface area (Å²) in [5.41, 5.74) is 0.610. The quantitative estimate of drug-likeness (QED) is 0.864. The van der Waals surface area contributed by atoms with Crippen LogP contribution in [-0.4, -0.2) is 70.9 Å². The molecule has 0 aliphatic carbocycles. The van der Waals surface area contributed by atoms with Crippen LogP contribution >= 0.6 is 0 Å². The van der Waals surface area contributed by atoms with E-state index in [1.165, 1.54) is 12.4 Å². The van der Waals surface area contributed by atoms with Crippen LogP contribution in [-0.2, 0) is 0 Å². The molecule has 3 aliphatic rings. The molecule has 4 rings (SSSR count). The number of piperidine rings is 2. The van der Waals surface area contributed by atoms with Gasteiger partial charge >= 0.3 is 0 Å². The van der Waals surface area contributed by atoms with Gasteiger partial charge in [-0.3, -0.25) is 9.59 Å². The molecular formula is C19H27N5O2. The third-order valence-corrected chi connectivity index (χ3v) is 6.03. The van der Waals surface area contributed by atoms with Crippen LogP contribution in [0.5, 0.6) is 0 Å². The van der Waals surface area contributed by atoms with E-state index in [9.17, 15) is 9.59 Å². The van der Waals surface area contributed by atoms with Crippen molar-refractivity contribution in [3.63, 3.8) is 0 Å². The van der Waals surface area contributed by atoms with Crippen molar-refractivity contribution in [1.29, 1.82) is 0 Å². The van der Waals surface area contributed by atoms with Crippen molar-refractivity contribution in [3.8, 4) is 0 Å². The molecule has 3 saturated heterocycles. The van der Waals surface area contributed by atoms with Crippen molar-refractivity contribution in [2.45, 2.75) is 38.5 Å². The SMILES string of the molecule is O=C(c1nccnc1C(=O)N1CC[C@]2(CCCNC2)C1)N1CCCCC1. The molecule has 3 fully saturated rings. The van der Waals surface area contributed by atoms with Crippen LogP contribution in [0.4, 0.5) is 0 Å². The summed E-state index contributed by atoms with van der Waals surface area (Å²) in [5.74, 6) is -0.310. The molecule has 0 aromatic carbocycles. The first kappa shape index (κ1) is 17.4. The number of rotatable bonds is 2. The average molecular weight is 357 g/mol. The molecule has 7 nitrogen and oxygen atoms in total. The Balaban J connectivity index is 1.52. The van der Waals surface area contributed by atoms with Gasteiger partial charge in [-0.05, 0) is 45.1 Å². The van der Waals surface area contributed by atoms with Crippen LogP contribution in [0.15, 0.2) is 12.4 Å². The maximum Gasteiger partial charge on any atom is 0.274 e. The Morgan fingerprint density at radius 2 is 1.58 bits per heavy atom. The molecular weight excluding hydrogens is 330 g/mol. The summed E-state index contributed by atoms with van der Waals surface area (Å²) in [6.45, 7) is 4.98. The average Bonchev–Trinajstić information content (AvgIpc) is 3.11. The predicted molar refractivity (Wildman–Crippen MR) is 96.8 cm³/mol. The van der Waals surface area contributed by atoms with E-state index < -0.39 is 0 Å². The number of carbonyl (C=O) groups is 2. The summed E-state index contributed by atoms with van der Waals surface area (Å²) in [6.07, 6.45) is 9.52. The second-order valence-corrected chi connectivity index (χ2v) is 7.86. The van der Waals surface area contributed by atoms with E-state index in [0.29, 0.717) is 0 Å². The summed E-state index contributed by atoms with van der Waals surface area (Å²) >= 11 is 0. The van der Waals surface area contributed by atoms with Crippen LogP contribution in [0.1, 0.15) is 59.5 Å². The van der Waals surface area contributed by atoms with Crippen molar-refractivity contribution in [1.82, 2.24) is 25.1 Å². The topological polar surface area (TPSA) is 78.4 Å². The lowest BCUT2D eigenvalue weighted by Gasteiger charge is -2.33. The molecule has 26 heavy (non-hydrogen) atoms. The van der Waals surface area contributed by atoms with Crippen LogP contribution < -0.4 is 5.32 Å². The lowest BCUT2D eigenvalue weighted by Crippen LogP contribution is -2.43. The van der Waals surface area contributed by atoms with Crippen molar-refractivity contribution in [2.75, 3.05) is 39.3 Å². The smallest absolute Gasteiger partial charge is 0.274 e. The van der Waals surface area contributed by atoms with E-state index in [1.807, 2.05) is 4.90 Å². The van der Waals surface area contributed by atoms with Crippen molar-refractivity contribution in [2.24, 2.45) is 5.41 Å². The molecule has 0 unspecified atom stereocenters. The standard InChI is InChI=1S/C19H27N5O2/c25-17(23-10-2-1-3-11-23)15-16(22-9-8-21-15)18(26)24-12-6-19(14-24)5-4-7-20-13-19/h8-9,20H,1-7,10-14H2/t19-/m0/s1. The molecule has 7 heteroatoms.